The van der Waals surface area contributed by atoms with Gasteiger partial charge in [0.25, 0.3) is 0 Å². The molecular weight excluding hydrogens is 480 g/mol. The number of aryl methyl sites for hydroxylation is 1. The van der Waals surface area contributed by atoms with E-state index in [1.165, 1.54) is 56.1 Å². The largest absolute Gasteiger partial charge is 0.427 e. The van der Waals surface area contributed by atoms with Gasteiger partial charge in [0.2, 0.25) is 0 Å². The van der Waals surface area contributed by atoms with Crippen molar-refractivity contribution in [2.75, 3.05) is 0 Å². The van der Waals surface area contributed by atoms with Gasteiger partial charge in [0.15, 0.2) is 0 Å². The summed E-state index contributed by atoms with van der Waals surface area (Å²) in [4.78, 5) is 25.0. The van der Waals surface area contributed by atoms with Gasteiger partial charge in [0.05, 0.1) is 0 Å². The van der Waals surface area contributed by atoms with Crippen molar-refractivity contribution < 1.29 is 14.3 Å². The van der Waals surface area contributed by atoms with Gasteiger partial charge in [-0.05, 0) is 112 Å². The topological polar surface area (TPSA) is 43.4 Å². The average Bonchev–Trinajstić information content (AvgIpc) is 3.24. The van der Waals surface area contributed by atoms with Crippen LogP contribution in [-0.4, -0.2) is 11.8 Å². The number of fused-ring (bicyclic) bond motifs is 5. The maximum Gasteiger partial charge on any atom is 0.311 e. The van der Waals surface area contributed by atoms with Gasteiger partial charge < -0.3 is 4.74 Å². The lowest BCUT2D eigenvalue weighted by Gasteiger charge is -2.48. The third-order valence-electron chi connectivity index (χ3n) is 9.97. The van der Waals surface area contributed by atoms with Gasteiger partial charge in [-0.3, -0.25) is 9.59 Å². The zero-order valence-electron chi connectivity index (χ0n) is 24.7. The van der Waals surface area contributed by atoms with Crippen molar-refractivity contribution >= 4 is 11.8 Å². The Morgan fingerprint density at radius 1 is 0.923 bits per heavy atom. The van der Waals surface area contributed by atoms with E-state index >= 15 is 0 Å². The van der Waals surface area contributed by atoms with E-state index in [0.29, 0.717) is 35.7 Å². The molecule has 0 amide bonds. The second-order valence-corrected chi connectivity index (χ2v) is 12.6. The summed E-state index contributed by atoms with van der Waals surface area (Å²) in [5.74, 6) is 2.86. The Balaban J connectivity index is 1.09. The highest BCUT2D eigenvalue weighted by Gasteiger charge is 2.54. The number of ether oxygens (including phenoxy) is 1. The first kappa shape index (κ1) is 29.8. The highest BCUT2D eigenvalue weighted by molar-refractivity contribution is 5.87. The molecular formula is C36H52O3. The van der Waals surface area contributed by atoms with Gasteiger partial charge in [-0.25, -0.2) is 0 Å². The van der Waals surface area contributed by atoms with Crippen LogP contribution in [0.4, 0.5) is 0 Å². The molecule has 214 valence electrons. The number of benzene rings is 1. The fraction of sp³-hybridized carbons (Fsp3) is 0.667. The summed E-state index contributed by atoms with van der Waals surface area (Å²) >= 11 is 0. The van der Waals surface area contributed by atoms with Crippen molar-refractivity contribution in [3.05, 3.63) is 53.6 Å². The van der Waals surface area contributed by atoms with Crippen LogP contribution in [0.15, 0.2) is 42.5 Å². The van der Waals surface area contributed by atoms with Crippen molar-refractivity contribution in [1.82, 2.24) is 0 Å². The first-order chi connectivity index (χ1) is 19.0. The van der Waals surface area contributed by atoms with Gasteiger partial charge >= 0.3 is 5.97 Å². The summed E-state index contributed by atoms with van der Waals surface area (Å²) in [7, 11) is 0. The molecule has 2 fully saturated rings. The van der Waals surface area contributed by atoms with Crippen molar-refractivity contribution in [3.8, 4) is 5.75 Å². The third-order valence-corrected chi connectivity index (χ3v) is 9.97. The van der Waals surface area contributed by atoms with Crippen LogP contribution in [0.1, 0.15) is 140 Å². The van der Waals surface area contributed by atoms with E-state index in [0.717, 1.165) is 64.2 Å². The average molecular weight is 533 g/mol. The number of unbranched alkanes of at least 4 members (excludes halogenated alkanes) is 8. The molecule has 3 aliphatic carbocycles. The second-order valence-electron chi connectivity index (χ2n) is 12.6. The van der Waals surface area contributed by atoms with Gasteiger partial charge in [-0.2, -0.15) is 0 Å². The van der Waals surface area contributed by atoms with Crippen LogP contribution < -0.4 is 4.74 Å². The maximum atomic E-state index is 12.6. The number of carbonyl (C=O) groups excluding carboxylic acids is 2. The van der Waals surface area contributed by atoms with Crippen LogP contribution in [0.3, 0.4) is 0 Å². The van der Waals surface area contributed by atoms with Crippen LogP contribution in [0, 0.1) is 17.3 Å². The number of allylic oxidation sites excluding steroid dienone is 4. The molecule has 0 N–H and O–H groups in total. The number of rotatable bonds is 15. The molecule has 0 bridgehead atoms. The van der Waals surface area contributed by atoms with Gasteiger partial charge in [-0.15, -0.1) is 0 Å². The highest BCUT2D eigenvalue weighted by Crippen LogP contribution is 2.59. The van der Waals surface area contributed by atoms with Crippen LogP contribution in [0.25, 0.3) is 0 Å². The zero-order chi connectivity index (χ0) is 27.5. The zero-order valence-corrected chi connectivity index (χ0v) is 24.7. The SMILES string of the molecule is CCCCCC=CCC=CCCCCCCCC(=O)Oc1ccc2c(c1)CC[C@@H]1[C@@H]2CC[C@]2(C)C(=O)CC[C@@H]12. The molecule has 0 saturated heterocycles. The molecule has 39 heavy (non-hydrogen) atoms. The van der Waals surface area contributed by atoms with Crippen LogP contribution in [0.5, 0.6) is 5.75 Å². The smallest absolute Gasteiger partial charge is 0.311 e. The monoisotopic (exact) mass is 532 g/mol. The third kappa shape index (κ3) is 7.95. The Bertz CT molecular complexity index is 1000. The van der Waals surface area contributed by atoms with E-state index in [2.05, 4.69) is 50.3 Å². The van der Waals surface area contributed by atoms with Gasteiger partial charge in [0.1, 0.15) is 11.5 Å². The predicted molar refractivity (Wildman–Crippen MR) is 161 cm³/mol. The molecule has 1 aromatic rings. The minimum atomic E-state index is -0.104. The lowest BCUT2D eigenvalue weighted by Crippen LogP contribution is -2.42. The number of esters is 1. The molecule has 0 unspecified atom stereocenters. The van der Waals surface area contributed by atoms with Gasteiger partial charge in [0, 0.05) is 18.3 Å². The standard InChI is InChI=1S/C36H52O3/c1-3-4-5-6-7-8-9-10-11-12-13-14-15-16-17-18-35(38)39-29-20-22-30-28(27-29)19-21-32-31(30)25-26-36(2)33(32)23-24-34(36)37/h7-8,10-11,20,22,27,31-33H,3-6,9,12-19,21,23-26H2,1-2H3/t31-,32-,33+,36+/m1/s1. The van der Waals surface area contributed by atoms with E-state index < -0.39 is 0 Å². The van der Waals surface area contributed by atoms with E-state index in [4.69, 9.17) is 4.74 Å². The van der Waals surface area contributed by atoms with Crippen molar-refractivity contribution in [2.24, 2.45) is 17.3 Å². The highest BCUT2D eigenvalue weighted by atomic mass is 16.5. The summed E-state index contributed by atoms with van der Waals surface area (Å²) < 4.78 is 5.74. The molecule has 1 aromatic carbocycles. The van der Waals surface area contributed by atoms with E-state index in [1.807, 2.05) is 6.07 Å². The van der Waals surface area contributed by atoms with Crippen molar-refractivity contribution in [2.45, 2.75) is 135 Å². The van der Waals surface area contributed by atoms with Crippen LogP contribution in [0.2, 0.25) is 0 Å². The molecule has 0 spiro atoms. The minimum absolute atomic E-state index is 0.0735. The molecule has 0 aromatic heterocycles. The number of ketones is 1. The summed E-state index contributed by atoms with van der Waals surface area (Å²) in [5.41, 5.74) is 2.73. The fourth-order valence-electron chi connectivity index (χ4n) is 7.66. The molecule has 0 radical (unpaired) electrons. The van der Waals surface area contributed by atoms with Gasteiger partial charge in [-0.1, -0.05) is 76.3 Å². The Kier molecular flexibility index (Phi) is 11.5. The Morgan fingerprint density at radius 2 is 1.67 bits per heavy atom. The normalized spacial score (nSPS) is 26.1. The van der Waals surface area contributed by atoms with Crippen molar-refractivity contribution in [1.29, 1.82) is 0 Å². The summed E-state index contributed by atoms with van der Waals surface area (Å²) in [6, 6.07) is 6.34. The van der Waals surface area contributed by atoms with E-state index in [-0.39, 0.29) is 11.4 Å². The second kappa shape index (κ2) is 15.0. The number of carbonyl (C=O) groups is 2. The lowest BCUT2D eigenvalue weighted by molar-refractivity contribution is -0.134. The number of Topliss-reactive ketones (excluding diaryl/α,β-unsaturated/α-hetero) is 1. The van der Waals surface area contributed by atoms with Crippen molar-refractivity contribution in [3.63, 3.8) is 0 Å². The van der Waals surface area contributed by atoms with Crippen LogP contribution in [-0.2, 0) is 16.0 Å². The predicted octanol–water partition coefficient (Wildman–Crippen LogP) is 9.83. The maximum absolute atomic E-state index is 12.6. The Hall–Kier alpha value is -2.16. The molecule has 0 aliphatic heterocycles. The number of hydrogen-bond acceptors (Lipinski definition) is 3. The quantitative estimate of drug-likeness (QED) is 0.0977. The molecule has 3 aliphatic rings. The Labute approximate surface area is 237 Å². The Morgan fingerprint density at radius 3 is 2.46 bits per heavy atom. The lowest BCUT2D eigenvalue weighted by atomic mass is 9.55. The molecule has 3 heteroatoms. The van der Waals surface area contributed by atoms with E-state index in [9.17, 15) is 9.59 Å². The summed E-state index contributed by atoms with van der Waals surface area (Å²) in [6.07, 6.45) is 28.9. The van der Waals surface area contributed by atoms with E-state index in [1.54, 1.807) is 0 Å². The summed E-state index contributed by atoms with van der Waals surface area (Å²) in [5, 5.41) is 0. The summed E-state index contributed by atoms with van der Waals surface area (Å²) in [6.45, 7) is 4.48. The molecule has 4 atom stereocenters. The fourth-order valence-corrected chi connectivity index (χ4v) is 7.66. The molecule has 3 nitrogen and oxygen atoms in total. The minimum Gasteiger partial charge on any atom is -0.427 e. The first-order valence-corrected chi connectivity index (χ1v) is 16.2. The van der Waals surface area contributed by atoms with Crippen LogP contribution >= 0.6 is 0 Å². The molecule has 2 saturated carbocycles. The molecule has 0 heterocycles. The molecule has 4 rings (SSSR count). The number of hydrogen-bond donors (Lipinski definition) is 0. The first-order valence-electron chi connectivity index (χ1n) is 16.2.